The van der Waals surface area contributed by atoms with Gasteiger partial charge in [0.15, 0.2) is 0 Å². The second-order valence-corrected chi connectivity index (χ2v) is 7.74. The van der Waals surface area contributed by atoms with Gasteiger partial charge >= 0.3 is 5.97 Å². The Bertz CT molecular complexity index is 988. The predicted molar refractivity (Wildman–Crippen MR) is 121 cm³/mol. The van der Waals surface area contributed by atoms with E-state index in [1.54, 1.807) is 42.4 Å². The molecule has 0 bridgehead atoms. The molecule has 0 aliphatic carbocycles. The summed E-state index contributed by atoms with van der Waals surface area (Å²) in [6.45, 7) is 2.77. The highest BCUT2D eigenvalue weighted by molar-refractivity contribution is 6.05. The first-order valence-electron chi connectivity index (χ1n) is 10.5. The zero-order valence-corrected chi connectivity index (χ0v) is 18.6. The van der Waals surface area contributed by atoms with Gasteiger partial charge in [0.2, 0.25) is 0 Å². The molecule has 168 valence electrons. The van der Waals surface area contributed by atoms with Gasteiger partial charge in [-0.05, 0) is 55.7 Å². The largest absolute Gasteiger partial charge is 0.497 e. The normalized spacial score (nSPS) is 14.6. The number of carbonyl (C=O) groups excluding carboxylic acids is 3. The third-order valence-corrected chi connectivity index (χ3v) is 5.54. The van der Waals surface area contributed by atoms with Gasteiger partial charge < -0.3 is 19.7 Å². The molecule has 0 saturated carbocycles. The van der Waals surface area contributed by atoms with Crippen LogP contribution in [0.2, 0.25) is 0 Å². The average Bonchev–Trinajstić information content (AvgIpc) is 2.83. The van der Waals surface area contributed by atoms with Crippen LogP contribution in [0.5, 0.6) is 5.75 Å². The van der Waals surface area contributed by atoms with Crippen molar-refractivity contribution in [1.29, 1.82) is 0 Å². The Balaban J connectivity index is 1.81. The summed E-state index contributed by atoms with van der Waals surface area (Å²) in [6, 6.07) is 14.3. The number of aryl methyl sites for hydroxylation is 1. The molecule has 1 aliphatic heterocycles. The fourth-order valence-corrected chi connectivity index (χ4v) is 3.57. The van der Waals surface area contributed by atoms with Crippen LogP contribution in [0.4, 0.5) is 0 Å². The minimum absolute atomic E-state index is 0.178. The molecular weight excluding hydrogens is 408 g/mol. The molecule has 1 saturated heterocycles. The van der Waals surface area contributed by atoms with Gasteiger partial charge in [-0.2, -0.15) is 0 Å². The van der Waals surface area contributed by atoms with Gasteiger partial charge in [-0.1, -0.05) is 29.8 Å². The highest BCUT2D eigenvalue weighted by Gasteiger charge is 2.29. The Morgan fingerprint density at radius 1 is 0.969 bits per heavy atom. The minimum atomic E-state index is -0.359. The van der Waals surface area contributed by atoms with Crippen molar-refractivity contribution in [2.24, 2.45) is 5.92 Å². The number of ether oxygens (including phenoxy) is 2. The number of amides is 2. The van der Waals surface area contributed by atoms with Gasteiger partial charge in [0.05, 0.1) is 20.1 Å². The molecule has 7 heteroatoms. The summed E-state index contributed by atoms with van der Waals surface area (Å²) in [7, 11) is 2.95. The maximum Gasteiger partial charge on any atom is 0.308 e. The van der Waals surface area contributed by atoms with Gasteiger partial charge in [-0.15, -0.1) is 0 Å². The quantitative estimate of drug-likeness (QED) is 0.555. The molecule has 0 spiro atoms. The fraction of sp³-hybridized carbons (Fsp3) is 0.320. The van der Waals surface area contributed by atoms with Crippen LogP contribution in [-0.2, 0) is 14.3 Å². The van der Waals surface area contributed by atoms with E-state index in [4.69, 9.17) is 9.47 Å². The third kappa shape index (κ3) is 5.75. The van der Waals surface area contributed by atoms with Crippen molar-refractivity contribution >= 4 is 23.9 Å². The molecular formula is C25H28N2O5. The Morgan fingerprint density at radius 3 is 2.16 bits per heavy atom. The number of nitrogens with one attached hydrogen (secondary N) is 1. The molecule has 0 atom stereocenters. The summed E-state index contributed by atoms with van der Waals surface area (Å²) in [6.07, 6.45) is 2.71. The van der Waals surface area contributed by atoms with Crippen molar-refractivity contribution in [3.05, 3.63) is 70.9 Å². The third-order valence-electron chi connectivity index (χ3n) is 5.54. The molecule has 2 aromatic rings. The topological polar surface area (TPSA) is 84.9 Å². The lowest BCUT2D eigenvalue weighted by Crippen LogP contribution is -2.44. The zero-order valence-electron chi connectivity index (χ0n) is 18.6. The van der Waals surface area contributed by atoms with E-state index in [2.05, 4.69) is 5.32 Å². The summed E-state index contributed by atoms with van der Waals surface area (Å²) in [4.78, 5) is 39.6. The smallest absolute Gasteiger partial charge is 0.308 e. The highest BCUT2D eigenvalue weighted by atomic mass is 16.5. The molecule has 2 aromatic carbocycles. The lowest BCUT2D eigenvalue weighted by atomic mass is 9.96. The molecule has 7 nitrogen and oxygen atoms in total. The van der Waals surface area contributed by atoms with E-state index >= 15 is 0 Å². The summed E-state index contributed by atoms with van der Waals surface area (Å²) >= 11 is 0. The number of piperidine rings is 1. The lowest BCUT2D eigenvalue weighted by Gasteiger charge is -2.31. The molecule has 0 aromatic heterocycles. The van der Waals surface area contributed by atoms with Gasteiger partial charge in [0.1, 0.15) is 11.4 Å². The van der Waals surface area contributed by atoms with Crippen LogP contribution < -0.4 is 10.1 Å². The summed E-state index contributed by atoms with van der Waals surface area (Å²) in [5.74, 6) is -0.408. The number of likely N-dealkylation sites (tertiary alicyclic amines) is 1. The molecule has 1 heterocycles. The van der Waals surface area contributed by atoms with Crippen molar-refractivity contribution < 1.29 is 23.9 Å². The number of rotatable bonds is 6. The Morgan fingerprint density at radius 2 is 1.59 bits per heavy atom. The summed E-state index contributed by atoms with van der Waals surface area (Å²) in [5, 5.41) is 2.78. The van der Waals surface area contributed by atoms with Crippen LogP contribution >= 0.6 is 0 Å². The molecule has 32 heavy (non-hydrogen) atoms. The van der Waals surface area contributed by atoms with E-state index in [9.17, 15) is 14.4 Å². The van der Waals surface area contributed by atoms with E-state index in [0.717, 1.165) is 11.1 Å². The van der Waals surface area contributed by atoms with E-state index in [0.29, 0.717) is 37.2 Å². The fourth-order valence-electron chi connectivity index (χ4n) is 3.57. The second-order valence-electron chi connectivity index (χ2n) is 7.74. The molecule has 0 radical (unpaired) electrons. The Labute approximate surface area is 188 Å². The Kier molecular flexibility index (Phi) is 7.65. The molecule has 0 unspecified atom stereocenters. The first-order chi connectivity index (χ1) is 15.4. The highest BCUT2D eigenvalue weighted by Crippen LogP contribution is 2.21. The summed E-state index contributed by atoms with van der Waals surface area (Å²) < 4.78 is 10.0. The first kappa shape index (κ1) is 23.1. The van der Waals surface area contributed by atoms with Crippen LogP contribution in [-0.4, -0.2) is 50.0 Å². The van der Waals surface area contributed by atoms with Crippen molar-refractivity contribution in [1.82, 2.24) is 10.2 Å². The number of esters is 1. The number of hydrogen-bond acceptors (Lipinski definition) is 5. The average molecular weight is 437 g/mol. The molecule has 1 N–H and O–H groups in total. The number of carbonyl (C=O) groups is 3. The standard InChI is InChI=1S/C25H28N2O5/c1-17-4-8-19(9-5-17)23(28)26-22(16-18-6-10-21(31-2)11-7-18)24(29)27-14-12-20(13-15-27)25(30)32-3/h4-11,16,20H,12-15H2,1-3H3,(H,26,28)/b22-16-. The minimum Gasteiger partial charge on any atom is -0.497 e. The van der Waals surface area contributed by atoms with Crippen LogP contribution in [0.3, 0.4) is 0 Å². The van der Waals surface area contributed by atoms with E-state index in [-0.39, 0.29) is 29.4 Å². The van der Waals surface area contributed by atoms with Crippen molar-refractivity contribution in [3.63, 3.8) is 0 Å². The molecule has 1 aliphatic rings. The lowest BCUT2D eigenvalue weighted by molar-refractivity contribution is -0.148. The SMILES string of the molecule is COC(=O)C1CCN(C(=O)/C(=C/c2ccc(OC)cc2)NC(=O)c2ccc(C)cc2)CC1. The van der Waals surface area contributed by atoms with Crippen LogP contribution in [0, 0.1) is 12.8 Å². The zero-order chi connectivity index (χ0) is 23.1. The number of benzene rings is 2. The maximum atomic E-state index is 13.3. The predicted octanol–water partition coefficient (Wildman–Crippen LogP) is 3.19. The van der Waals surface area contributed by atoms with Crippen LogP contribution in [0.1, 0.15) is 34.3 Å². The van der Waals surface area contributed by atoms with Crippen molar-refractivity contribution in [3.8, 4) is 5.75 Å². The van der Waals surface area contributed by atoms with E-state index < -0.39 is 0 Å². The second kappa shape index (κ2) is 10.6. The number of methoxy groups -OCH3 is 2. The van der Waals surface area contributed by atoms with Crippen LogP contribution in [0.15, 0.2) is 54.2 Å². The van der Waals surface area contributed by atoms with Gasteiger partial charge in [-0.3, -0.25) is 14.4 Å². The van der Waals surface area contributed by atoms with Crippen LogP contribution in [0.25, 0.3) is 6.08 Å². The number of hydrogen-bond donors (Lipinski definition) is 1. The molecule has 3 rings (SSSR count). The van der Waals surface area contributed by atoms with E-state index in [1.165, 1.54) is 7.11 Å². The first-order valence-corrected chi connectivity index (χ1v) is 10.5. The summed E-state index contributed by atoms with van der Waals surface area (Å²) in [5.41, 5.74) is 2.44. The Hall–Kier alpha value is -3.61. The monoisotopic (exact) mass is 436 g/mol. The van der Waals surface area contributed by atoms with Gasteiger partial charge in [-0.25, -0.2) is 0 Å². The number of nitrogens with zero attached hydrogens (tertiary/aromatic N) is 1. The maximum absolute atomic E-state index is 13.3. The van der Waals surface area contributed by atoms with Gasteiger partial charge in [0.25, 0.3) is 11.8 Å². The van der Waals surface area contributed by atoms with Crippen molar-refractivity contribution in [2.75, 3.05) is 27.3 Å². The molecule has 2 amide bonds. The van der Waals surface area contributed by atoms with Crippen molar-refractivity contribution in [2.45, 2.75) is 19.8 Å². The van der Waals surface area contributed by atoms with E-state index in [1.807, 2.05) is 31.2 Å². The van der Waals surface area contributed by atoms with Gasteiger partial charge in [0, 0.05) is 18.7 Å². The molecule has 1 fully saturated rings.